The molecule has 0 amide bonds. The molecule has 0 spiro atoms. The highest BCUT2D eigenvalue weighted by atomic mass is 19.1. The lowest BCUT2D eigenvalue weighted by Crippen LogP contribution is -2.24. The Morgan fingerprint density at radius 1 is 1.19 bits per heavy atom. The number of aryl methyl sites for hydroxylation is 1. The summed E-state index contributed by atoms with van der Waals surface area (Å²) in [5.74, 6) is 0.0533. The summed E-state index contributed by atoms with van der Waals surface area (Å²) in [5, 5.41) is 4.65. The standard InChI is InChI=1S/C23H21FN4O2.CH4/c1-27-21-6-8-25-13-20(21)19-5-4-17(10-22(19)27)28-9-7-18(11-23(28)29)30-14-16-3-2-15(24)12-26-16;/h2-5,7,9-12,25H,6,8,13-14H2,1H3;1H4. The van der Waals surface area contributed by atoms with Gasteiger partial charge in [0.05, 0.1) is 23.1 Å². The third-order valence-corrected chi connectivity index (χ3v) is 5.61. The van der Waals surface area contributed by atoms with E-state index in [1.165, 1.54) is 28.8 Å². The second kappa shape index (κ2) is 8.35. The van der Waals surface area contributed by atoms with Crippen molar-refractivity contribution in [1.82, 2.24) is 19.4 Å². The third kappa shape index (κ3) is 3.84. The number of nitrogens with zero attached hydrogens (tertiary/aromatic N) is 3. The van der Waals surface area contributed by atoms with Crippen LogP contribution < -0.4 is 15.6 Å². The summed E-state index contributed by atoms with van der Waals surface area (Å²) in [6.45, 7) is 2.03. The van der Waals surface area contributed by atoms with Crippen LogP contribution in [0.2, 0.25) is 0 Å². The van der Waals surface area contributed by atoms with E-state index in [1.54, 1.807) is 22.9 Å². The minimum Gasteiger partial charge on any atom is -0.487 e. The molecule has 0 bridgehead atoms. The van der Waals surface area contributed by atoms with Gasteiger partial charge in [-0.05, 0) is 35.9 Å². The van der Waals surface area contributed by atoms with Gasteiger partial charge in [0, 0.05) is 49.9 Å². The molecule has 160 valence electrons. The zero-order chi connectivity index (χ0) is 20.7. The van der Waals surface area contributed by atoms with Crippen molar-refractivity contribution in [2.24, 2.45) is 7.05 Å². The first-order valence-corrected chi connectivity index (χ1v) is 9.87. The molecule has 0 unspecified atom stereocenters. The van der Waals surface area contributed by atoms with Gasteiger partial charge >= 0.3 is 0 Å². The largest absolute Gasteiger partial charge is 0.487 e. The predicted octanol–water partition coefficient (Wildman–Crippen LogP) is 3.72. The van der Waals surface area contributed by atoms with E-state index >= 15 is 0 Å². The Morgan fingerprint density at radius 2 is 2.06 bits per heavy atom. The molecule has 7 heteroatoms. The molecule has 3 aromatic heterocycles. The van der Waals surface area contributed by atoms with Gasteiger partial charge < -0.3 is 14.6 Å². The van der Waals surface area contributed by atoms with Crippen LogP contribution in [0.4, 0.5) is 4.39 Å². The van der Waals surface area contributed by atoms with Gasteiger partial charge in [-0.15, -0.1) is 0 Å². The van der Waals surface area contributed by atoms with E-state index in [1.807, 2.05) is 6.07 Å². The van der Waals surface area contributed by atoms with Crippen molar-refractivity contribution in [1.29, 1.82) is 0 Å². The van der Waals surface area contributed by atoms with Gasteiger partial charge in [-0.1, -0.05) is 13.5 Å². The van der Waals surface area contributed by atoms with E-state index in [0.29, 0.717) is 11.4 Å². The summed E-state index contributed by atoms with van der Waals surface area (Å²) in [7, 11) is 2.08. The maximum atomic E-state index is 12.9. The molecule has 1 N–H and O–H groups in total. The molecule has 6 nitrogen and oxygen atoms in total. The van der Waals surface area contributed by atoms with Crippen molar-refractivity contribution in [3.8, 4) is 11.4 Å². The fourth-order valence-corrected chi connectivity index (χ4v) is 4.05. The van der Waals surface area contributed by atoms with Crippen LogP contribution in [-0.2, 0) is 26.6 Å². The number of nitrogens with one attached hydrogen (secondary N) is 1. The Labute approximate surface area is 179 Å². The number of pyridine rings is 2. The third-order valence-electron chi connectivity index (χ3n) is 5.61. The quantitative estimate of drug-likeness (QED) is 0.547. The Hall–Kier alpha value is -3.45. The molecule has 0 fully saturated rings. The minimum absolute atomic E-state index is 0. The van der Waals surface area contributed by atoms with Crippen LogP contribution in [0.5, 0.6) is 5.75 Å². The Kier molecular flexibility index (Phi) is 5.61. The summed E-state index contributed by atoms with van der Waals surface area (Å²) in [6.07, 6.45) is 3.86. The maximum absolute atomic E-state index is 12.9. The van der Waals surface area contributed by atoms with Crippen LogP contribution in [0.25, 0.3) is 16.6 Å². The maximum Gasteiger partial charge on any atom is 0.258 e. The second-order valence-electron chi connectivity index (χ2n) is 7.44. The van der Waals surface area contributed by atoms with Crippen LogP contribution in [0, 0.1) is 5.82 Å². The van der Waals surface area contributed by atoms with E-state index in [9.17, 15) is 9.18 Å². The van der Waals surface area contributed by atoms with E-state index in [2.05, 4.69) is 34.0 Å². The van der Waals surface area contributed by atoms with Gasteiger partial charge in [0.1, 0.15) is 18.2 Å². The van der Waals surface area contributed by atoms with E-state index in [-0.39, 0.29) is 19.6 Å². The number of halogens is 1. The smallest absolute Gasteiger partial charge is 0.258 e. The number of hydrogen-bond acceptors (Lipinski definition) is 4. The summed E-state index contributed by atoms with van der Waals surface area (Å²) >= 11 is 0. The lowest BCUT2D eigenvalue weighted by Gasteiger charge is -2.14. The van der Waals surface area contributed by atoms with Crippen molar-refractivity contribution in [2.45, 2.75) is 27.0 Å². The number of rotatable bonds is 4. The Bertz CT molecular complexity index is 1290. The average molecular weight is 420 g/mol. The van der Waals surface area contributed by atoms with E-state index in [0.717, 1.165) is 36.9 Å². The molecule has 4 heterocycles. The molecule has 0 aliphatic carbocycles. The van der Waals surface area contributed by atoms with Crippen LogP contribution >= 0.6 is 0 Å². The van der Waals surface area contributed by atoms with Crippen LogP contribution in [0.1, 0.15) is 24.4 Å². The summed E-state index contributed by atoms with van der Waals surface area (Å²) in [4.78, 5) is 16.7. The SMILES string of the molecule is C.Cn1c2c(c3ccc(-n4ccc(OCc5ccc(F)cn5)cc4=O)cc31)CNCC2. The predicted molar refractivity (Wildman–Crippen MR) is 119 cm³/mol. The van der Waals surface area contributed by atoms with Crippen molar-refractivity contribution >= 4 is 10.9 Å². The van der Waals surface area contributed by atoms with Gasteiger partial charge in [0.25, 0.3) is 5.56 Å². The highest BCUT2D eigenvalue weighted by Crippen LogP contribution is 2.29. The molecule has 0 saturated heterocycles. The number of benzene rings is 1. The average Bonchev–Trinajstić information content (AvgIpc) is 3.05. The van der Waals surface area contributed by atoms with Gasteiger partial charge in [0.15, 0.2) is 0 Å². The monoisotopic (exact) mass is 420 g/mol. The number of aromatic nitrogens is 3. The summed E-state index contributed by atoms with van der Waals surface area (Å²) in [5.41, 5.74) is 5.04. The lowest BCUT2D eigenvalue weighted by atomic mass is 10.1. The molecule has 5 rings (SSSR count). The molecule has 4 aromatic rings. The number of fused-ring (bicyclic) bond motifs is 3. The molecule has 0 radical (unpaired) electrons. The van der Waals surface area contributed by atoms with Gasteiger partial charge in [-0.25, -0.2) is 4.39 Å². The van der Waals surface area contributed by atoms with E-state index in [4.69, 9.17) is 4.74 Å². The number of ether oxygens (including phenoxy) is 1. The van der Waals surface area contributed by atoms with Crippen LogP contribution in [-0.4, -0.2) is 20.7 Å². The fourth-order valence-electron chi connectivity index (χ4n) is 4.05. The molecule has 0 atom stereocenters. The molecule has 1 aliphatic rings. The van der Waals surface area contributed by atoms with Crippen molar-refractivity contribution in [2.75, 3.05) is 6.54 Å². The first-order chi connectivity index (χ1) is 14.6. The molecular weight excluding hydrogens is 395 g/mol. The van der Waals surface area contributed by atoms with Crippen LogP contribution in [0.3, 0.4) is 0 Å². The summed E-state index contributed by atoms with van der Waals surface area (Å²) in [6, 6.07) is 12.2. The van der Waals surface area contributed by atoms with E-state index < -0.39 is 5.82 Å². The molecule has 31 heavy (non-hydrogen) atoms. The minimum atomic E-state index is -0.395. The summed E-state index contributed by atoms with van der Waals surface area (Å²) < 4.78 is 22.4. The van der Waals surface area contributed by atoms with Gasteiger partial charge in [0.2, 0.25) is 0 Å². The van der Waals surface area contributed by atoms with Crippen LogP contribution in [0.15, 0.2) is 59.7 Å². The lowest BCUT2D eigenvalue weighted by molar-refractivity contribution is 0.300. The van der Waals surface area contributed by atoms with Gasteiger partial charge in [-0.2, -0.15) is 0 Å². The molecule has 1 aromatic carbocycles. The first-order valence-electron chi connectivity index (χ1n) is 9.87. The molecular formula is C24H25FN4O2. The normalized spacial score (nSPS) is 13.0. The highest BCUT2D eigenvalue weighted by Gasteiger charge is 2.18. The topological polar surface area (TPSA) is 61.1 Å². The zero-order valence-electron chi connectivity index (χ0n) is 16.6. The Morgan fingerprint density at radius 3 is 2.84 bits per heavy atom. The van der Waals surface area contributed by atoms with Crippen molar-refractivity contribution in [3.05, 3.63) is 88.0 Å². The van der Waals surface area contributed by atoms with Crippen molar-refractivity contribution in [3.63, 3.8) is 0 Å². The van der Waals surface area contributed by atoms with Gasteiger partial charge in [-0.3, -0.25) is 14.3 Å². The molecule has 0 saturated carbocycles. The molecule has 1 aliphatic heterocycles. The number of hydrogen-bond donors (Lipinski definition) is 1. The highest BCUT2D eigenvalue weighted by molar-refractivity contribution is 5.87. The Balaban J connectivity index is 0.00000231. The first kappa shape index (κ1) is 20.8. The van der Waals surface area contributed by atoms with Crippen molar-refractivity contribution < 1.29 is 9.13 Å². The fraction of sp³-hybridized carbons (Fsp3) is 0.250. The zero-order valence-corrected chi connectivity index (χ0v) is 16.6. The second-order valence-corrected chi connectivity index (χ2v) is 7.44.